The Balaban J connectivity index is 1.66. The standard InChI is InChI=1S/C26H30F2N4O4S/c1-4-37(35,36)31-22-7-5-6-16(23(22)28)13-17-14-19(25(33)29-18-9-10-18)24(32(3)26(17)34)30-21-11-8-15(2)12-20(21)27/h5-8,11-12,14,18-19,24,30-31H,4,9-10,13H2,1-3H3,(H,29,33). The van der Waals surface area contributed by atoms with E-state index < -0.39 is 39.6 Å². The van der Waals surface area contributed by atoms with Crippen LogP contribution in [-0.2, 0) is 26.0 Å². The Hall–Kier alpha value is -3.47. The molecule has 1 fully saturated rings. The number of hydrogen-bond donors (Lipinski definition) is 3. The van der Waals surface area contributed by atoms with Crippen molar-refractivity contribution in [2.45, 2.75) is 45.3 Å². The van der Waals surface area contributed by atoms with Crippen molar-refractivity contribution in [3.8, 4) is 0 Å². The third kappa shape index (κ3) is 6.10. The average molecular weight is 533 g/mol. The first-order chi connectivity index (χ1) is 17.5. The van der Waals surface area contributed by atoms with Gasteiger partial charge in [0.25, 0.3) is 5.91 Å². The SMILES string of the molecule is CCS(=O)(=O)Nc1cccc(CC2=CC(C(=O)NC3CC3)C(Nc3ccc(C)cc3F)N(C)C2=O)c1F. The van der Waals surface area contributed by atoms with E-state index in [0.717, 1.165) is 18.4 Å². The Morgan fingerprint density at radius 3 is 2.51 bits per heavy atom. The fourth-order valence-corrected chi connectivity index (χ4v) is 4.81. The molecule has 37 heavy (non-hydrogen) atoms. The summed E-state index contributed by atoms with van der Waals surface area (Å²) in [6.07, 6.45) is 2.18. The first kappa shape index (κ1) is 26.6. The predicted octanol–water partition coefficient (Wildman–Crippen LogP) is 3.31. The average Bonchev–Trinajstić information content (AvgIpc) is 3.66. The van der Waals surface area contributed by atoms with Crippen molar-refractivity contribution in [2.24, 2.45) is 5.92 Å². The van der Waals surface area contributed by atoms with Crippen molar-refractivity contribution in [1.29, 1.82) is 0 Å². The summed E-state index contributed by atoms with van der Waals surface area (Å²) in [6, 6.07) is 8.94. The zero-order valence-electron chi connectivity index (χ0n) is 20.8. The number of benzene rings is 2. The summed E-state index contributed by atoms with van der Waals surface area (Å²) >= 11 is 0. The second-order valence-electron chi connectivity index (χ2n) is 9.45. The van der Waals surface area contributed by atoms with E-state index in [0.29, 0.717) is 0 Å². The number of carbonyl (C=O) groups excluding carboxylic acids is 2. The monoisotopic (exact) mass is 532 g/mol. The number of halogens is 2. The van der Waals surface area contributed by atoms with Crippen LogP contribution in [0.2, 0.25) is 0 Å². The van der Waals surface area contributed by atoms with Gasteiger partial charge < -0.3 is 15.5 Å². The lowest BCUT2D eigenvalue weighted by Gasteiger charge is -2.38. The molecule has 1 aliphatic carbocycles. The molecule has 2 unspecified atom stereocenters. The molecular weight excluding hydrogens is 502 g/mol. The third-order valence-corrected chi connectivity index (χ3v) is 7.78. The van der Waals surface area contributed by atoms with Crippen molar-refractivity contribution in [2.75, 3.05) is 22.8 Å². The van der Waals surface area contributed by atoms with Gasteiger partial charge in [0.2, 0.25) is 15.9 Å². The maximum absolute atomic E-state index is 15.2. The van der Waals surface area contributed by atoms with Crippen molar-refractivity contribution < 1.29 is 26.8 Å². The number of nitrogens with zero attached hydrogens (tertiary/aromatic N) is 1. The van der Waals surface area contributed by atoms with Crippen LogP contribution in [0.1, 0.15) is 30.9 Å². The molecule has 2 aliphatic rings. The van der Waals surface area contributed by atoms with Crippen LogP contribution in [0, 0.1) is 24.5 Å². The molecule has 0 radical (unpaired) electrons. The van der Waals surface area contributed by atoms with E-state index in [4.69, 9.17) is 0 Å². The predicted molar refractivity (Wildman–Crippen MR) is 137 cm³/mol. The molecular formula is C26H30F2N4O4S. The van der Waals surface area contributed by atoms with Crippen molar-refractivity contribution in [3.05, 3.63) is 70.8 Å². The maximum atomic E-state index is 15.2. The number of aryl methyl sites for hydroxylation is 1. The minimum atomic E-state index is -3.71. The lowest BCUT2D eigenvalue weighted by molar-refractivity contribution is -0.132. The Kier molecular flexibility index (Phi) is 7.54. The van der Waals surface area contributed by atoms with Gasteiger partial charge in [-0.15, -0.1) is 0 Å². The van der Waals surface area contributed by atoms with Crippen LogP contribution in [0.5, 0.6) is 0 Å². The minimum absolute atomic E-state index is 0.0600. The molecule has 1 saturated carbocycles. The molecule has 0 spiro atoms. The highest BCUT2D eigenvalue weighted by atomic mass is 32.2. The summed E-state index contributed by atoms with van der Waals surface area (Å²) < 4.78 is 55.8. The van der Waals surface area contributed by atoms with Gasteiger partial charge in [0.1, 0.15) is 12.0 Å². The number of anilines is 2. The molecule has 11 heteroatoms. The van der Waals surface area contributed by atoms with Crippen LogP contribution in [0.25, 0.3) is 0 Å². The molecule has 0 aromatic heterocycles. The molecule has 1 heterocycles. The molecule has 1 aliphatic heterocycles. The summed E-state index contributed by atoms with van der Waals surface area (Å²) in [5.41, 5.74) is 0.941. The van der Waals surface area contributed by atoms with E-state index in [9.17, 15) is 22.4 Å². The number of likely N-dealkylation sites (N-methyl/N-ethyl adjacent to an activating group) is 1. The Morgan fingerprint density at radius 2 is 1.86 bits per heavy atom. The van der Waals surface area contributed by atoms with Gasteiger partial charge in [-0.3, -0.25) is 14.3 Å². The zero-order chi connectivity index (χ0) is 26.9. The largest absolute Gasteiger partial charge is 0.362 e. The molecule has 2 atom stereocenters. The summed E-state index contributed by atoms with van der Waals surface area (Å²) in [5.74, 6) is -3.18. The Labute approximate surface area is 215 Å². The molecule has 0 bridgehead atoms. The first-order valence-corrected chi connectivity index (χ1v) is 13.7. The molecule has 0 saturated heterocycles. The van der Waals surface area contributed by atoms with Gasteiger partial charge in [0, 0.05) is 25.1 Å². The molecule has 2 aromatic rings. The fourth-order valence-electron chi connectivity index (χ4n) is 4.17. The second kappa shape index (κ2) is 10.5. The summed E-state index contributed by atoms with van der Waals surface area (Å²) in [7, 11) is -2.21. The summed E-state index contributed by atoms with van der Waals surface area (Å²) in [6.45, 7) is 3.19. The number of rotatable bonds is 9. The van der Waals surface area contributed by atoms with E-state index in [1.165, 1.54) is 49.2 Å². The maximum Gasteiger partial charge on any atom is 0.251 e. The second-order valence-corrected chi connectivity index (χ2v) is 11.5. The van der Waals surface area contributed by atoms with Crippen molar-refractivity contribution in [3.63, 3.8) is 0 Å². The molecule has 2 amide bonds. The van der Waals surface area contributed by atoms with Crippen LogP contribution in [0.15, 0.2) is 48.0 Å². The lowest BCUT2D eigenvalue weighted by atomic mass is 9.91. The zero-order valence-corrected chi connectivity index (χ0v) is 21.7. The lowest BCUT2D eigenvalue weighted by Crippen LogP contribution is -2.54. The van der Waals surface area contributed by atoms with E-state index in [-0.39, 0.29) is 46.6 Å². The highest BCUT2D eigenvalue weighted by molar-refractivity contribution is 7.92. The van der Waals surface area contributed by atoms with E-state index in [1.54, 1.807) is 19.1 Å². The van der Waals surface area contributed by atoms with E-state index >= 15 is 4.39 Å². The van der Waals surface area contributed by atoms with Gasteiger partial charge in [-0.1, -0.05) is 24.3 Å². The number of amides is 2. The Morgan fingerprint density at radius 1 is 1.14 bits per heavy atom. The number of sulfonamides is 1. The quantitative estimate of drug-likeness (QED) is 0.459. The van der Waals surface area contributed by atoms with Gasteiger partial charge in [-0.05, 0) is 56.0 Å². The van der Waals surface area contributed by atoms with Crippen LogP contribution in [0.4, 0.5) is 20.2 Å². The summed E-state index contributed by atoms with van der Waals surface area (Å²) in [5, 5.41) is 5.92. The number of carbonyl (C=O) groups is 2. The van der Waals surface area contributed by atoms with Gasteiger partial charge in [-0.2, -0.15) is 0 Å². The van der Waals surface area contributed by atoms with Crippen LogP contribution >= 0.6 is 0 Å². The van der Waals surface area contributed by atoms with Crippen molar-refractivity contribution in [1.82, 2.24) is 10.2 Å². The highest BCUT2D eigenvalue weighted by Gasteiger charge is 2.40. The van der Waals surface area contributed by atoms with Gasteiger partial charge in [-0.25, -0.2) is 17.2 Å². The fraction of sp³-hybridized carbons (Fsp3) is 0.385. The minimum Gasteiger partial charge on any atom is -0.362 e. The topological polar surface area (TPSA) is 108 Å². The molecule has 3 N–H and O–H groups in total. The van der Waals surface area contributed by atoms with Crippen LogP contribution in [-0.4, -0.2) is 50.1 Å². The smallest absolute Gasteiger partial charge is 0.251 e. The molecule has 4 rings (SSSR count). The van der Waals surface area contributed by atoms with Crippen molar-refractivity contribution >= 4 is 33.2 Å². The van der Waals surface area contributed by atoms with Gasteiger partial charge in [0.05, 0.1) is 23.0 Å². The third-order valence-electron chi connectivity index (χ3n) is 6.49. The van der Waals surface area contributed by atoms with E-state index in [1.807, 2.05) is 0 Å². The molecule has 198 valence electrons. The van der Waals surface area contributed by atoms with Gasteiger partial charge >= 0.3 is 0 Å². The number of nitrogens with one attached hydrogen (secondary N) is 3. The number of hydrogen-bond acceptors (Lipinski definition) is 5. The highest BCUT2D eigenvalue weighted by Crippen LogP contribution is 2.30. The van der Waals surface area contributed by atoms with E-state index in [2.05, 4.69) is 15.4 Å². The van der Waals surface area contributed by atoms with Gasteiger partial charge in [0.15, 0.2) is 5.82 Å². The Bertz CT molecular complexity index is 1360. The normalized spacial score (nSPS) is 19.9. The van der Waals surface area contributed by atoms with Crippen LogP contribution in [0.3, 0.4) is 0 Å². The summed E-state index contributed by atoms with van der Waals surface area (Å²) in [4.78, 5) is 27.8. The molecule has 2 aromatic carbocycles. The van der Waals surface area contributed by atoms with Crippen LogP contribution < -0.4 is 15.4 Å². The first-order valence-electron chi connectivity index (χ1n) is 12.1. The molecule has 8 nitrogen and oxygen atoms in total.